The van der Waals surface area contributed by atoms with Gasteiger partial charge in [-0.05, 0) is 43.7 Å². The summed E-state index contributed by atoms with van der Waals surface area (Å²) in [5.74, 6) is 1.80. The lowest BCUT2D eigenvalue weighted by Gasteiger charge is -2.30. The van der Waals surface area contributed by atoms with Crippen molar-refractivity contribution in [2.75, 3.05) is 20.2 Å². The fraction of sp³-hybridized carbons (Fsp3) is 0.526. The summed E-state index contributed by atoms with van der Waals surface area (Å²) >= 11 is 3.44. The van der Waals surface area contributed by atoms with Gasteiger partial charge in [0.15, 0.2) is 0 Å². The second kappa shape index (κ2) is 8.73. The predicted octanol–water partition coefficient (Wildman–Crippen LogP) is 3.47. The highest BCUT2D eigenvalue weighted by Gasteiger charge is 2.22. The molecule has 0 spiro atoms. The Morgan fingerprint density at radius 2 is 2.11 bits per heavy atom. The number of likely N-dealkylation sites (tertiary alicyclic amines) is 1. The number of alkyl halides is 1. The third-order valence-electron chi connectivity index (χ3n) is 5.25. The molecule has 1 fully saturated rings. The molecule has 146 valence electrons. The average Bonchev–Trinajstić information content (AvgIpc) is 2.69. The molecule has 2 heterocycles. The number of rotatable bonds is 6. The zero-order valence-electron chi connectivity index (χ0n) is 15.4. The molecule has 1 aromatic heterocycles. The van der Waals surface area contributed by atoms with Crippen molar-refractivity contribution in [2.45, 2.75) is 37.6 Å². The molecule has 0 aliphatic carbocycles. The second-order valence-corrected chi connectivity index (χ2v) is 7.39. The molecule has 7 nitrogen and oxygen atoms in total. The molecule has 2 aromatic rings. The van der Waals surface area contributed by atoms with Gasteiger partial charge in [-0.15, -0.1) is 0 Å². The van der Waals surface area contributed by atoms with Crippen molar-refractivity contribution in [2.24, 2.45) is 5.92 Å². The Labute approximate surface area is 166 Å². The van der Waals surface area contributed by atoms with E-state index in [4.69, 9.17) is 9.84 Å². The van der Waals surface area contributed by atoms with Crippen LogP contribution in [0.2, 0.25) is 0 Å². The number of carbonyl (C=O) groups is 1. The zero-order chi connectivity index (χ0) is 19.4. The van der Waals surface area contributed by atoms with E-state index in [1.165, 1.54) is 4.90 Å². The summed E-state index contributed by atoms with van der Waals surface area (Å²) in [6.07, 6.45) is 2.80. The number of hydrogen-bond acceptors (Lipinski definition) is 4. The first kappa shape index (κ1) is 19.7. The molecule has 0 radical (unpaired) electrons. The van der Waals surface area contributed by atoms with Crippen molar-refractivity contribution < 1.29 is 14.6 Å². The van der Waals surface area contributed by atoms with E-state index >= 15 is 0 Å². The summed E-state index contributed by atoms with van der Waals surface area (Å²) in [5, 5.41) is 10.1. The molecule has 27 heavy (non-hydrogen) atoms. The summed E-state index contributed by atoms with van der Waals surface area (Å²) in [7, 11) is 1.57. The number of carboxylic acid groups (broad SMARTS) is 1. The Balaban J connectivity index is 1.71. The maximum absolute atomic E-state index is 13.0. The molecule has 0 atom stereocenters. The van der Waals surface area contributed by atoms with Gasteiger partial charge in [-0.2, -0.15) is 0 Å². The van der Waals surface area contributed by atoms with Crippen molar-refractivity contribution in [3.05, 3.63) is 34.4 Å². The first-order valence-corrected chi connectivity index (χ1v) is 10.3. The van der Waals surface area contributed by atoms with Crippen LogP contribution in [0.4, 0.5) is 4.79 Å². The van der Waals surface area contributed by atoms with Gasteiger partial charge in [-0.1, -0.05) is 22.0 Å². The highest BCUT2D eigenvalue weighted by Crippen LogP contribution is 2.24. The maximum atomic E-state index is 13.0. The van der Waals surface area contributed by atoms with Gasteiger partial charge in [-0.25, -0.2) is 9.78 Å². The van der Waals surface area contributed by atoms with Crippen LogP contribution in [0.1, 0.15) is 31.5 Å². The molecule has 0 unspecified atom stereocenters. The van der Waals surface area contributed by atoms with Crippen LogP contribution in [0, 0.1) is 5.92 Å². The lowest BCUT2D eigenvalue weighted by molar-refractivity contribution is 0.122. The normalized spacial score (nSPS) is 15.3. The number of methoxy groups -OCH3 is 1. The minimum atomic E-state index is -0.834. The molecule has 3 rings (SSSR count). The number of amides is 1. The maximum Gasteiger partial charge on any atom is 0.407 e. The van der Waals surface area contributed by atoms with Crippen molar-refractivity contribution in [1.82, 2.24) is 14.5 Å². The van der Waals surface area contributed by atoms with Crippen LogP contribution < -0.4 is 10.3 Å². The highest BCUT2D eigenvalue weighted by atomic mass is 79.9. The van der Waals surface area contributed by atoms with Gasteiger partial charge >= 0.3 is 6.09 Å². The number of aromatic nitrogens is 2. The second-order valence-electron chi connectivity index (χ2n) is 6.83. The van der Waals surface area contributed by atoms with E-state index in [1.807, 2.05) is 0 Å². The van der Waals surface area contributed by atoms with Gasteiger partial charge in [0, 0.05) is 19.6 Å². The topological polar surface area (TPSA) is 84.7 Å². The van der Waals surface area contributed by atoms with Gasteiger partial charge in [0.1, 0.15) is 17.1 Å². The molecule has 1 aliphatic heterocycles. The Kier molecular flexibility index (Phi) is 6.36. The Hall–Kier alpha value is -2.09. The number of fused-ring (bicyclic) bond motifs is 1. The molecule has 0 saturated carbocycles. The molecular weight excluding hydrogens is 414 g/mol. The summed E-state index contributed by atoms with van der Waals surface area (Å²) in [4.78, 5) is 30.1. The van der Waals surface area contributed by atoms with E-state index in [2.05, 4.69) is 20.9 Å². The average molecular weight is 438 g/mol. The highest BCUT2D eigenvalue weighted by molar-refractivity contribution is 9.08. The van der Waals surface area contributed by atoms with Crippen molar-refractivity contribution in [3.63, 3.8) is 0 Å². The number of ether oxygens (including phenoxy) is 1. The number of halogens is 1. The largest absolute Gasteiger partial charge is 0.494 e. The number of benzene rings is 1. The molecule has 1 amide bonds. The lowest BCUT2D eigenvalue weighted by Crippen LogP contribution is -2.37. The number of para-hydroxylation sites is 1. The van der Waals surface area contributed by atoms with E-state index in [-0.39, 0.29) is 5.56 Å². The fourth-order valence-corrected chi connectivity index (χ4v) is 4.14. The molecule has 8 heteroatoms. The van der Waals surface area contributed by atoms with Crippen molar-refractivity contribution in [1.29, 1.82) is 0 Å². The van der Waals surface area contributed by atoms with Crippen LogP contribution in [0.5, 0.6) is 5.75 Å². The lowest BCUT2D eigenvalue weighted by atomic mass is 9.92. The van der Waals surface area contributed by atoms with Gasteiger partial charge in [0.2, 0.25) is 0 Å². The molecule has 1 aliphatic rings. The number of hydrogen-bond donors (Lipinski definition) is 1. The summed E-state index contributed by atoms with van der Waals surface area (Å²) in [5.41, 5.74) is 0.547. The van der Waals surface area contributed by atoms with Gasteiger partial charge < -0.3 is 14.7 Å². The third kappa shape index (κ3) is 4.26. The quantitative estimate of drug-likeness (QED) is 0.699. The van der Waals surface area contributed by atoms with E-state index in [1.54, 1.807) is 29.9 Å². The van der Waals surface area contributed by atoms with Crippen LogP contribution >= 0.6 is 15.9 Å². The van der Waals surface area contributed by atoms with Crippen molar-refractivity contribution in [3.8, 4) is 5.75 Å². The van der Waals surface area contributed by atoms with E-state index in [0.29, 0.717) is 53.4 Å². The Morgan fingerprint density at radius 1 is 1.37 bits per heavy atom. The Bertz CT molecular complexity index is 875. The molecule has 1 N–H and O–H groups in total. The summed E-state index contributed by atoms with van der Waals surface area (Å²) in [6.45, 7) is 1.81. The molecular formula is C19H24BrN3O4. The fourth-order valence-electron chi connectivity index (χ4n) is 3.71. The predicted molar refractivity (Wildman–Crippen MR) is 107 cm³/mol. The van der Waals surface area contributed by atoms with E-state index in [0.717, 1.165) is 25.7 Å². The third-order valence-corrected chi connectivity index (χ3v) is 5.75. The van der Waals surface area contributed by atoms with Gasteiger partial charge in [0.05, 0.1) is 17.8 Å². The smallest absolute Gasteiger partial charge is 0.407 e. The van der Waals surface area contributed by atoms with Crippen LogP contribution in [0.15, 0.2) is 23.0 Å². The number of nitrogens with zero attached hydrogens (tertiary/aromatic N) is 3. The Morgan fingerprint density at radius 3 is 2.74 bits per heavy atom. The SMILES string of the molecule is COc1cccc2c(=O)n(CCCC3CCN(C(=O)O)CC3)c(CBr)nc12. The molecule has 1 saturated heterocycles. The minimum absolute atomic E-state index is 0.0472. The molecule has 1 aromatic carbocycles. The van der Waals surface area contributed by atoms with E-state index < -0.39 is 6.09 Å². The molecule has 0 bridgehead atoms. The van der Waals surface area contributed by atoms with Gasteiger partial charge in [-0.3, -0.25) is 9.36 Å². The first-order chi connectivity index (χ1) is 13.0. The standard InChI is InChI=1S/C19H24BrN3O4/c1-27-15-6-2-5-14-17(15)21-16(12-20)23(18(14)24)9-3-4-13-7-10-22(11-8-13)19(25)26/h2,5-6,13H,3-4,7-12H2,1H3,(H,25,26). The summed E-state index contributed by atoms with van der Waals surface area (Å²) in [6, 6.07) is 5.39. The monoisotopic (exact) mass is 437 g/mol. The van der Waals surface area contributed by atoms with E-state index in [9.17, 15) is 9.59 Å². The van der Waals surface area contributed by atoms with Crippen LogP contribution in [0.25, 0.3) is 10.9 Å². The minimum Gasteiger partial charge on any atom is -0.494 e. The first-order valence-electron chi connectivity index (χ1n) is 9.15. The van der Waals surface area contributed by atoms with Crippen LogP contribution in [-0.4, -0.2) is 45.9 Å². The van der Waals surface area contributed by atoms with Crippen molar-refractivity contribution >= 4 is 32.9 Å². The van der Waals surface area contributed by atoms with Gasteiger partial charge in [0.25, 0.3) is 5.56 Å². The zero-order valence-corrected chi connectivity index (χ0v) is 16.9. The summed E-state index contributed by atoms with van der Waals surface area (Å²) < 4.78 is 7.08. The van der Waals surface area contributed by atoms with Crippen LogP contribution in [0.3, 0.4) is 0 Å². The van der Waals surface area contributed by atoms with Crippen LogP contribution in [-0.2, 0) is 11.9 Å². The number of piperidine rings is 1.